The average molecular weight is 280 g/mol. The van der Waals surface area contributed by atoms with E-state index in [0.717, 1.165) is 12.8 Å². The molecule has 0 saturated carbocycles. The fourth-order valence-corrected chi connectivity index (χ4v) is 2.60. The second kappa shape index (κ2) is 5.26. The highest BCUT2D eigenvalue weighted by atomic mass is 32.1. The molecule has 0 bridgehead atoms. The number of aromatic nitrogens is 2. The zero-order chi connectivity index (χ0) is 14.2. The van der Waals surface area contributed by atoms with E-state index >= 15 is 0 Å². The van der Waals surface area contributed by atoms with E-state index in [1.54, 1.807) is 26.5 Å². The number of H-pyrrole nitrogens is 1. The number of nitrogens with zero attached hydrogens (tertiary/aromatic N) is 1. The smallest absolute Gasteiger partial charge is 0.254 e. The summed E-state index contributed by atoms with van der Waals surface area (Å²) in [6.07, 6.45) is 3.53. The van der Waals surface area contributed by atoms with Gasteiger partial charge >= 0.3 is 0 Å². The van der Waals surface area contributed by atoms with Crippen LogP contribution in [0.1, 0.15) is 31.6 Å². The summed E-state index contributed by atoms with van der Waals surface area (Å²) in [6, 6.07) is 0. The zero-order valence-corrected chi connectivity index (χ0v) is 12.3. The Balaban J connectivity index is 2.30. The third-order valence-corrected chi connectivity index (χ3v) is 3.83. The Hall–Kier alpha value is -0.850. The Morgan fingerprint density at radius 3 is 2.84 bits per heavy atom. The molecule has 1 fully saturated rings. The molecule has 2 atom stereocenters. The molecule has 0 radical (unpaired) electrons. The van der Waals surface area contributed by atoms with Crippen molar-refractivity contribution in [1.29, 1.82) is 0 Å². The van der Waals surface area contributed by atoms with E-state index in [4.69, 9.17) is 17.0 Å². The van der Waals surface area contributed by atoms with Gasteiger partial charge in [0.2, 0.25) is 0 Å². The number of ether oxygens (including phenoxy) is 1. The quantitative estimate of drug-likeness (QED) is 0.554. The molecule has 1 aromatic rings. The number of hydrogen-bond donors (Lipinski definition) is 2. The van der Waals surface area contributed by atoms with Crippen molar-refractivity contribution >= 4 is 27.9 Å². The summed E-state index contributed by atoms with van der Waals surface area (Å²) in [5, 5.41) is 9.11. The van der Waals surface area contributed by atoms with Crippen LogP contribution in [-0.4, -0.2) is 41.9 Å². The first kappa shape index (κ1) is 14.6. The van der Waals surface area contributed by atoms with Crippen LogP contribution in [0.25, 0.3) is 0 Å². The van der Waals surface area contributed by atoms with Crippen LogP contribution in [-0.2, 0) is 11.2 Å². The third-order valence-electron chi connectivity index (χ3n) is 3.52. The van der Waals surface area contributed by atoms with Crippen LogP contribution in [0.15, 0.2) is 11.0 Å². The maximum absolute atomic E-state index is 11.6. The highest BCUT2D eigenvalue weighted by Crippen LogP contribution is 2.31. The second-order valence-electron chi connectivity index (χ2n) is 5.48. The molecule has 0 spiro atoms. The SMILES string of the molecule is BC(B)(O)C1CCC(n2cc(CC)c(=O)[nH]c2=S)O1. The van der Waals surface area contributed by atoms with E-state index in [1.165, 1.54) is 0 Å². The fourth-order valence-electron chi connectivity index (χ4n) is 2.34. The molecule has 1 saturated heterocycles. The normalized spacial score (nSPS) is 23.7. The molecule has 2 N–H and O–H groups in total. The molecule has 5 nitrogen and oxygen atoms in total. The number of nitrogens with one attached hydrogen (secondary N) is 1. The van der Waals surface area contributed by atoms with Gasteiger partial charge in [-0.15, -0.1) is 0 Å². The van der Waals surface area contributed by atoms with E-state index in [-0.39, 0.29) is 17.9 Å². The third kappa shape index (κ3) is 3.01. The van der Waals surface area contributed by atoms with Crippen LogP contribution in [0.3, 0.4) is 0 Å². The first-order valence-corrected chi connectivity index (χ1v) is 6.96. The van der Waals surface area contributed by atoms with Crippen LogP contribution in [0.4, 0.5) is 0 Å². The standard InChI is InChI=1S/C11H18B2N2O3S/c1-2-6-5-15(10(19)14-9(6)16)8-4-3-7(18-8)11(12,13)17/h5,7-8,17H,2-4,12-13H2,1H3,(H,14,16,19). The lowest BCUT2D eigenvalue weighted by Crippen LogP contribution is -2.43. The first-order valence-electron chi connectivity index (χ1n) is 6.55. The molecule has 2 unspecified atom stereocenters. The molecule has 1 aliphatic heterocycles. The summed E-state index contributed by atoms with van der Waals surface area (Å²) in [5.41, 5.74) is 0.546. The van der Waals surface area contributed by atoms with E-state index in [2.05, 4.69) is 4.98 Å². The molecule has 1 aliphatic rings. The van der Waals surface area contributed by atoms with Crippen molar-refractivity contribution in [3.63, 3.8) is 0 Å². The number of aliphatic hydroxyl groups is 1. The van der Waals surface area contributed by atoms with Gasteiger partial charge in [-0.3, -0.25) is 14.3 Å². The Morgan fingerprint density at radius 1 is 1.63 bits per heavy atom. The molecule has 0 aliphatic carbocycles. The number of rotatable bonds is 3. The highest BCUT2D eigenvalue weighted by Gasteiger charge is 2.36. The molecular formula is C11H18B2N2O3S. The van der Waals surface area contributed by atoms with Gasteiger partial charge < -0.3 is 9.84 Å². The Kier molecular flexibility index (Phi) is 4.03. The van der Waals surface area contributed by atoms with Gasteiger partial charge in [-0.2, -0.15) is 0 Å². The van der Waals surface area contributed by atoms with Gasteiger partial charge in [-0.25, -0.2) is 0 Å². The Bertz CT molecular complexity index is 579. The number of aromatic amines is 1. The summed E-state index contributed by atoms with van der Waals surface area (Å²) in [7, 11) is 3.48. The van der Waals surface area contributed by atoms with Crippen molar-refractivity contribution in [2.45, 2.75) is 43.9 Å². The summed E-state index contributed by atoms with van der Waals surface area (Å²) in [6.45, 7) is 1.92. The molecule has 0 amide bonds. The van der Waals surface area contributed by atoms with Gasteiger partial charge in [0.1, 0.15) is 21.9 Å². The first-order chi connectivity index (χ1) is 8.82. The molecule has 2 rings (SSSR count). The van der Waals surface area contributed by atoms with E-state index < -0.39 is 5.40 Å². The summed E-state index contributed by atoms with van der Waals surface area (Å²) in [4.78, 5) is 14.3. The van der Waals surface area contributed by atoms with E-state index in [1.807, 2.05) is 6.92 Å². The van der Waals surface area contributed by atoms with Crippen molar-refractivity contribution < 1.29 is 9.84 Å². The van der Waals surface area contributed by atoms with Crippen LogP contribution in [0.2, 0.25) is 0 Å². The largest absolute Gasteiger partial charge is 0.405 e. The van der Waals surface area contributed by atoms with Crippen molar-refractivity contribution in [3.05, 3.63) is 26.9 Å². The van der Waals surface area contributed by atoms with Crippen molar-refractivity contribution in [2.75, 3.05) is 0 Å². The van der Waals surface area contributed by atoms with Gasteiger partial charge in [-0.1, -0.05) is 6.92 Å². The molecular weight excluding hydrogens is 262 g/mol. The van der Waals surface area contributed by atoms with Gasteiger partial charge in [-0.05, 0) is 31.5 Å². The van der Waals surface area contributed by atoms with Crippen molar-refractivity contribution in [3.8, 4) is 0 Å². The predicted molar refractivity (Wildman–Crippen MR) is 80.4 cm³/mol. The van der Waals surface area contributed by atoms with Gasteiger partial charge in [0.25, 0.3) is 5.56 Å². The number of hydrogen-bond acceptors (Lipinski definition) is 4. The van der Waals surface area contributed by atoms with Crippen LogP contribution < -0.4 is 5.56 Å². The number of aryl methyl sites for hydroxylation is 1. The van der Waals surface area contributed by atoms with Gasteiger partial charge in [0.05, 0.1) is 6.10 Å². The Labute approximate surface area is 118 Å². The fraction of sp³-hybridized carbons (Fsp3) is 0.636. The topological polar surface area (TPSA) is 67.2 Å². The van der Waals surface area contributed by atoms with E-state index in [0.29, 0.717) is 16.8 Å². The highest BCUT2D eigenvalue weighted by molar-refractivity contribution is 7.71. The van der Waals surface area contributed by atoms with Gasteiger partial charge in [0.15, 0.2) is 4.77 Å². The molecule has 19 heavy (non-hydrogen) atoms. The predicted octanol–water partition coefficient (Wildman–Crippen LogP) is -0.942. The minimum absolute atomic E-state index is 0.138. The lowest BCUT2D eigenvalue weighted by Gasteiger charge is -2.26. The van der Waals surface area contributed by atoms with Crippen LogP contribution in [0, 0.1) is 4.77 Å². The monoisotopic (exact) mass is 280 g/mol. The van der Waals surface area contributed by atoms with Crippen LogP contribution >= 0.6 is 12.2 Å². The van der Waals surface area contributed by atoms with Crippen molar-refractivity contribution in [2.24, 2.45) is 0 Å². The molecule has 0 aromatic carbocycles. The Morgan fingerprint density at radius 2 is 2.32 bits per heavy atom. The van der Waals surface area contributed by atoms with Crippen molar-refractivity contribution in [1.82, 2.24) is 9.55 Å². The summed E-state index contributed by atoms with van der Waals surface area (Å²) >= 11 is 5.18. The lowest BCUT2D eigenvalue weighted by molar-refractivity contribution is -0.0496. The van der Waals surface area contributed by atoms with Gasteiger partial charge in [0, 0.05) is 17.2 Å². The minimum atomic E-state index is -0.868. The van der Waals surface area contributed by atoms with E-state index in [9.17, 15) is 9.90 Å². The second-order valence-corrected chi connectivity index (χ2v) is 5.87. The molecule has 1 aromatic heterocycles. The maximum Gasteiger partial charge on any atom is 0.254 e. The maximum atomic E-state index is 11.6. The lowest BCUT2D eigenvalue weighted by atomic mass is 9.61. The average Bonchev–Trinajstić information content (AvgIpc) is 2.78. The van der Waals surface area contributed by atoms with Crippen LogP contribution in [0.5, 0.6) is 0 Å². The minimum Gasteiger partial charge on any atom is -0.405 e. The zero-order valence-electron chi connectivity index (χ0n) is 11.5. The summed E-state index contributed by atoms with van der Waals surface area (Å²) < 4.78 is 8.00. The molecule has 102 valence electrons. The summed E-state index contributed by atoms with van der Waals surface area (Å²) in [5.74, 6) is 0. The molecule has 2 heterocycles. The molecule has 8 heteroatoms.